The molecule has 2 aromatic rings. The monoisotopic (exact) mass is 438 g/mol. The molecule has 32 heavy (non-hydrogen) atoms. The number of Topliss-reactive ketones (excluding diaryl/α,β-unsaturated/α-hetero) is 1. The molecule has 168 valence electrons. The number of ketones is 1. The van der Waals surface area contributed by atoms with Gasteiger partial charge in [0.1, 0.15) is 17.3 Å². The predicted octanol–water partition coefficient (Wildman–Crippen LogP) is 2.15. The van der Waals surface area contributed by atoms with Crippen LogP contribution in [0.5, 0.6) is 11.5 Å². The van der Waals surface area contributed by atoms with Crippen LogP contribution in [-0.4, -0.2) is 78.2 Å². The minimum Gasteiger partial charge on any atom is -0.508 e. The largest absolute Gasteiger partial charge is 0.508 e. The SMILES string of the molecule is COc1cccc(C(O)=C2C(=O)C(=O)N(CCN3CCOCC3)C2c2cccc(O)c2)c1. The number of benzene rings is 2. The number of aliphatic hydroxyl groups excluding tert-OH is 1. The molecule has 0 spiro atoms. The van der Waals surface area contributed by atoms with Crippen molar-refractivity contribution in [2.45, 2.75) is 6.04 Å². The van der Waals surface area contributed by atoms with Gasteiger partial charge < -0.3 is 24.6 Å². The van der Waals surface area contributed by atoms with Crippen LogP contribution in [0.15, 0.2) is 54.1 Å². The van der Waals surface area contributed by atoms with Crippen LogP contribution in [0.1, 0.15) is 17.2 Å². The Morgan fingerprint density at radius 2 is 1.84 bits per heavy atom. The number of rotatable bonds is 6. The van der Waals surface area contributed by atoms with Gasteiger partial charge in [-0.15, -0.1) is 0 Å². The Labute approximate surface area is 186 Å². The van der Waals surface area contributed by atoms with Crippen LogP contribution in [0.4, 0.5) is 0 Å². The molecule has 0 aliphatic carbocycles. The van der Waals surface area contributed by atoms with Gasteiger partial charge >= 0.3 is 0 Å². The first-order valence-corrected chi connectivity index (χ1v) is 10.5. The van der Waals surface area contributed by atoms with E-state index in [0.717, 1.165) is 13.1 Å². The Balaban J connectivity index is 1.75. The van der Waals surface area contributed by atoms with Crippen LogP contribution in [0.2, 0.25) is 0 Å². The summed E-state index contributed by atoms with van der Waals surface area (Å²) < 4.78 is 10.6. The molecule has 2 aromatic carbocycles. The second-order valence-electron chi connectivity index (χ2n) is 7.77. The molecule has 1 amide bonds. The minimum absolute atomic E-state index is 0.00386. The molecule has 8 heteroatoms. The molecule has 8 nitrogen and oxygen atoms in total. The minimum atomic E-state index is -0.811. The maximum atomic E-state index is 13.1. The Morgan fingerprint density at radius 3 is 2.56 bits per heavy atom. The third-order valence-electron chi connectivity index (χ3n) is 5.83. The molecular formula is C24H26N2O6. The van der Waals surface area contributed by atoms with E-state index in [1.807, 2.05) is 0 Å². The molecule has 0 aromatic heterocycles. The highest BCUT2D eigenvalue weighted by Crippen LogP contribution is 2.40. The summed E-state index contributed by atoms with van der Waals surface area (Å²) >= 11 is 0. The van der Waals surface area contributed by atoms with E-state index >= 15 is 0 Å². The maximum absolute atomic E-state index is 13.1. The summed E-state index contributed by atoms with van der Waals surface area (Å²) in [5, 5.41) is 21.1. The van der Waals surface area contributed by atoms with Crippen molar-refractivity contribution in [3.63, 3.8) is 0 Å². The molecule has 1 unspecified atom stereocenters. The zero-order chi connectivity index (χ0) is 22.7. The molecule has 1 atom stereocenters. The number of aliphatic hydroxyl groups is 1. The van der Waals surface area contributed by atoms with E-state index in [-0.39, 0.29) is 17.1 Å². The Bertz CT molecular complexity index is 1040. The normalized spacial score (nSPS) is 21.2. The van der Waals surface area contributed by atoms with Crippen LogP contribution in [0.3, 0.4) is 0 Å². The average Bonchev–Trinajstić information content (AvgIpc) is 3.08. The van der Waals surface area contributed by atoms with Gasteiger partial charge in [-0.3, -0.25) is 14.5 Å². The van der Waals surface area contributed by atoms with Gasteiger partial charge in [0.2, 0.25) is 0 Å². The number of hydrogen-bond donors (Lipinski definition) is 2. The van der Waals surface area contributed by atoms with Gasteiger partial charge in [0, 0.05) is 31.7 Å². The van der Waals surface area contributed by atoms with E-state index in [1.165, 1.54) is 24.1 Å². The molecule has 2 saturated heterocycles. The Morgan fingerprint density at radius 1 is 1.09 bits per heavy atom. The third kappa shape index (κ3) is 4.32. The number of amides is 1. The first-order chi connectivity index (χ1) is 15.5. The van der Waals surface area contributed by atoms with E-state index in [4.69, 9.17) is 9.47 Å². The molecule has 0 bridgehead atoms. The highest BCUT2D eigenvalue weighted by molar-refractivity contribution is 6.46. The van der Waals surface area contributed by atoms with Crippen molar-refractivity contribution in [1.82, 2.24) is 9.80 Å². The lowest BCUT2D eigenvalue weighted by molar-refractivity contribution is -0.140. The molecule has 4 rings (SSSR count). The summed E-state index contributed by atoms with van der Waals surface area (Å²) in [5.41, 5.74) is 0.923. The van der Waals surface area contributed by atoms with Crippen molar-refractivity contribution in [2.75, 3.05) is 46.5 Å². The zero-order valence-corrected chi connectivity index (χ0v) is 17.9. The standard InChI is InChI=1S/C24H26N2O6/c1-31-19-7-3-5-17(15-19)22(28)20-21(16-4-2-6-18(27)14-16)26(24(30)23(20)29)9-8-25-10-12-32-13-11-25/h2-7,14-15,21,27-28H,8-13H2,1H3. The number of likely N-dealkylation sites (tertiary alicyclic amines) is 1. The number of carbonyl (C=O) groups is 2. The van der Waals surface area contributed by atoms with E-state index < -0.39 is 17.7 Å². The number of methoxy groups -OCH3 is 1. The van der Waals surface area contributed by atoms with Gasteiger partial charge in [-0.05, 0) is 29.8 Å². The number of phenolic OH excluding ortho intramolecular Hbond substituents is 1. The number of hydrogen-bond acceptors (Lipinski definition) is 7. The second kappa shape index (κ2) is 9.42. The summed E-state index contributed by atoms with van der Waals surface area (Å²) in [6.45, 7) is 3.65. The number of carbonyl (C=O) groups excluding carboxylic acids is 2. The smallest absolute Gasteiger partial charge is 0.295 e. The van der Waals surface area contributed by atoms with Gasteiger partial charge in [0.15, 0.2) is 0 Å². The van der Waals surface area contributed by atoms with Crippen LogP contribution >= 0.6 is 0 Å². The highest BCUT2D eigenvalue weighted by Gasteiger charge is 2.46. The summed E-state index contributed by atoms with van der Waals surface area (Å²) in [7, 11) is 1.51. The summed E-state index contributed by atoms with van der Waals surface area (Å²) in [6.07, 6.45) is 0. The van der Waals surface area contributed by atoms with Crippen LogP contribution in [0, 0.1) is 0 Å². The summed E-state index contributed by atoms with van der Waals surface area (Å²) in [4.78, 5) is 29.7. The van der Waals surface area contributed by atoms with Crippen molar-refractivity contribution in [3.05, 3.63) is 65.2 Å². The molecule has 2 aliphatic heterocycles. The van der Waals surface area contributed by atoms with E-state index in [2.05, 4.69) is 4.90 Å². The molecule has 2 fully saturated rings. The number of nitrogens with zero attached hydrogens (tertiary/aromatic N) is 2. The number of aromatic hydroxyl groups is 1. The quantitative estimate of drug-likeness (QED) is 0.405. The van der Waals surface area contributed by atoms with Crippen LogP contribution < -0.4 is 4.74 Å². The van der Waals surface area contributed by atoms with Crippen molar-refractivity contribution in [3.8, 4) is 11.5 Å². The van der Waals surface area contributed by atoms with E-state index in [1.54, 1.807) is 36.4 Å². The van der Waals surface area contributed by atoms with Gasteiger partial charge in [-0.2, -0.15) is 0 Å². The lowest BCUT2D eigenvalue weighted by Crippen LogP contribution is -2.42. The first-order valence-electron chi connectivity index (χ1n) is 10.5. The number of phenols is 1. The maximum Gasteiger partial charge on any atom is 0.295 e. The van der Waals surface area contributed by atoms with Gasteiger partial charge in [0.25, 0.3) is 11.7 Å². The van der Waals surface area contributed by atoms with E-state index in [0.29, 0.717) is 43.2 Å². The van der Waals surface area contributed by atoms with Crippen molar-refractivity contribution in [1.29, 1.82) is 0 Å². The van der Waals surface area contributed by atoms with Crippen LogP contribution in [-0.2, 0) is 14.3 Å². The predicted molar refractivity (Wildman–Crippen MR) is 117 cm³/mol. The molecule has 0 saturated carbocycles. The molecule has 2 N–H and O–H groups in total. The lowest BCUT2D eigenvalue weighted by atomic mass is 9.95. The highest BCUT2D eigenvalue weighted by atomic mass is 16.5. The van der Waals surface area contributed by atoms with E-state index in [9.17, 15) is 19.8 Å². The van der Waals surface area contributed by atoms with Gasteiger partial charge in [-0.25, -0.2) is 0 Å². The summed E-state index contributed by atoms with van der Waals surface area (Å²) in [6, 6.07) is 12.3. The van der Waals surface area contributed by atoms with Crippen molar-refractivity contribution in [2.24, 2.45) is 0 Å². The van der Waals surface area contributed by atoms with Gasteiger partial charge in [0.05, 0.1) is 31.9 Å². The first kappa shape index (κ1) is 21.9. The Kier molecular flexibility index (Phi) is 6.43. The average molecular weight is 438 g/mol. The fourth-order valence-corrected chi connectivity index (χ4v) is 4.15. The number of morpholine rings is 1. The number of ether oxygens (including phenoxy) is 2. The molecule has 0 radical (unpaired) electrons. The third-order valence-corrected chi connectivity index (χ3v) is 5.83. The fraction of sp³-hybridized carbons (Fsp3) is 0.333. The van der Waals surface area contributed by atoms with Gasteiger partial charge in [-0.1, -0.05) is 24.3 Å². The molecule has 2 aliphatic rings. The van der Waals surface area contributed by atoms with Crippen molar-refractivity contribution < 1.29 is 29.3 Å². The second-order valence-corrected chi connectivity index (χ2v) is 7.77. The van der Waals surface area contributed by atoms with Crippen molar-refractivity contribution >= 4 is 17.4 Å². The molecular weight excluding hydrogens is 412 g/mol. The fourth-order valence-electron chi connectivity index (χ4n) is 4.15. The topological polar surface area (TPSA) is 99.5 Å². The lowest BCUT2D eigenvalue weighted by Gasteiger charge is -2.31. The zero-order valence-electron chi connectivity index (χ0n) is 17.9. The molecule has 2 heterocycles. The Hall–Kier alpha value is -3.36. The van der Waals surface area contributed by atoms with Crippen LogP contribution in [0.25, 0.3) is 5.76 Å². The summed E-state index contributed by atoms with van der Waals surface area (Å²) in [5.74, 6) is -1.16.